The molecule has 1 aliphatic heterocycles. The maximum atomic E-state index is 5.41. The van der Waals surface area contributed by atoms with Gasteiger partial charge in [-0.1, -0.05) is 6.92 Å². The SMILES string of the molecule is CCCNc1cnnc(N2CCc3cc(OC)c(OC)cc3C2)n1. The Morgan fingerprint density at radius 2 is 1.92 bits per heavy atom. The molecule has 7 nitrogen and oxygen atoms in total. The molecular formula is C17H23N5O2. The number of aromatic nitrogens is 3. The fourth-order valence-electron chi connectivity index (χ4n) is 2.82. The molecule has 0 atom stereocenters. The Bertz CT molecular complexity index is 707. The standard InChI is InChI=1S/C17H23N5O2/c1-4-6-18-16-10-19-21-17(20-16)22-7-5-12-8-14(23-2)15(24-3)9-13(12)11-22/h8-10H,4-7,11H2,1-3H3,(H,18,20,21). The molecule has 0 fully saturated rings. The van der Waals surface area contributed by atoms with E-state index in [1.54, 1.807) is 20.4 Å². The first-order valence-electron chi connectivity index (χ1n) is 8.17. The van der Waals surface area contributed by atoms with Crippen LogP contribution in [0.1, 0.15) is 24.5 Å². The average Bonchev–Trinajstić information content (AvgIpc) is 2.64. The van der Waals surface area contributed by atoms with E-state index in [0.717, 1.165) is 49.8 Å². The minimum atomic E-state index is 0.650. The summed E-state index contributed by atoms with van der Waals surface area (Å²) in [5, 5.41) is 11.5. The number of ether oxygens (including phenoxy) is 2. The predicted molar refractivity (Wildman–Crippen MR) is 92.9 cm³/mol. The smallest absolute Gasteiger partial charge is 0.247 e. The molecule has 2 aromatic rings. The summed E-state index contributed by atoms with van der Waals surface area (Å²) in [5.74, 6) is 2.93. The van der Waals surface area contributed by atoms with Crippen molar-refractivity contribution < 1.29 is 9.47 Å². The van der Waals surface area contributed by atoms with Crippen molar-refractivity contribution in [2.45, 2.75) is 26.3 Å². The molecule has 1 N–H and O–H groups in total. The van der Waals surface area contributed by atoms with Gasteiger partial charge in [-0.05, 0) is 36.1 Å². The molecule has 2 heterocycles. The highest BCUT2D eigenvalue weighted by Gasteiger charge is 2.21. The van der Waals surface area contributed by atoms with Crippen LogP contribution in [0.4, 0.5) is 11.8 Å². The van der Waals surface area contributed by atoms with Crippen LogP contribution in [0.15, 0.2) is 18.3 Å². The lowest BCUT2D eigenvalue weighted by Crippen LogP contribution is -2.32. The van der Waals surface area contributed by atoms with Gasteiger partial charge in [-0.3, -0.25) is 0 Å². The van der Waals surface area contributed by atoms with Gasteiger partial charge >= 0.3 is 0 Å². The molecule has 7 heteroatoms. The summed E-state index contributed by atoms with van der Waals surface area (Å²) in [4.78, 5) is 6.71. The van der Waals surface area contributed by atoms with Crippen molar-refractivity contribution in [3.8, 4) is 11.5 Å². The van der Waals surface area contributed by atoms with Crippen molar-refractivity contribution in [3.63, 3.8) is 0 Å². The summed E-state index contributed by atoms with van der Waals surface area (Å²) in [6.45, 7) is 4.57. The fraction of sp³-hybridized carbons (Fsp3) is 0.471. The molecule has 0 saturated heterocycles. The van der Waals surface area contributed by atoms with Gasteiger partial charge < -0.3 is 19.7 Å². The van der Waals surface area contributed by atoms with Crippen LogP contribution < -0.4 is 19.7 Å². The van der Waals surface area contributed by atoms with Gasteiger partial charge in [0.25, 0.3) is 0 Å². The second-order valence-electron chi connectivity index (χ2n) is 5.72. The lowest BCUT2D eigenvalue weighted by molar-refractivity contribution is 0.353. The third-order valence-electron chi connectivity index (χ3n) is 4.10. The third kappa shape index (κ3) is 3.34. The van der Waals surface area contributed by atoms with Gasteiger partial charge in [-0.2, -0.15) is 10.1 Å². The molecule has 128 valence electrons. The van der Waals surface area contributed by atoms with Gasteiger partial charge in [0.15, 0.2) is 17.3 Å². The van der Waals surface area contributed by atoms with E-state index in [4.69, 9.17) is 9.47 Å². The summed E-state index contributed by atoms with van der Waals surface area (Å²) >= 11 is 0. The number of hydrogen-bond donors (Lipinski definition) is 1. The summed E-state index contributed by atoms with van der Waals surface area (Å²) in [7, 11) is 3.31. The van der Waals surface area contributed by atoms with Gasteiger partial charge in [-0.15, -0.1) is 5.10 Å². The van der Waals surface area contributed by atoms with Crippen molar-refractivity contribution in [2.24, 2.45) is 0 Å². The van der Waals surface area contributed by atoms with Crippen LogP contribution in [0.3, 0.4) is 0 Å². The molecule has 0 aliphatic carbocycles. The lowest BCUT2D eigenvalue weighted by Gasteiger charge is -2.29. The summed E-state index contributed by atoms with van der Waals surface area (Å²) < 4.78 is 10.8. The Labute approximate surface area is 142 Å². The quantitative estimate of drug-likeness (QED) is 0.871. The van der Waals surface area contributed by atoms with E-state index in [2.05, 4.69) is 38.4 Å². The second kappa shape index (κ2) is 7.33. The molecule has 1 aromatic carbocycles. The van der Waals surface area contributed by atoms with Crippen molar-refractivity contribution in [2.75, 3.05) is 37.5 Å². The third-order valence-corrected chi connectivity index (χ3v) is 4.10. The number of hydrogen-bond acceptors (Lipinski definition) is 7. The minimum absolute atomic E-state index is 0.650. The van der Waals surface area contributed by atoms with Crippen molar-refractivity contribution in [1.29, 1.82) is 0 Å². The Morgan fingerprint density at radius 3 is 2.62 bits per heavy atom. The molecule has 1 aliphatic rings. The highest BCUT2D eigenvalue weighted by Crippen LogP contribution is 2.33. The Kier molecular flexibility index (Phi) is 4.98. The van der Waals surface area contributed by atoms with Crippen molar-refractivity contribution >= 4 is 11.8 Å². The van der Waals surface area contributed by atoms with E-state index < -0.39 is 0 Å². The number of benzene rings is 1. The van der Waals surface area contributed by atoms with E-state index in [1.165, 1.54) is 11.1 Å². The van der Waals surface area contributed by atoms with E-state index in [1.807, 2.05) is 6.07 Å². The van der Waals surface area contributed by atoms with Gasteiger partial charge in [0, 0.05) is 19.6 Å². The number of anilines is 2. The molecular weight excluding hydrogens is 306 g/mol. The predicted octanol–water partition coefficient (Wildman–Crippen LogP) is 2.27. The highest BCUT2D eigenvalue weighted by atomic mass is 16.5. The zero-order chi connectivity index (χ0) is 16.9. The first kappa shape index (κ1) is 16.3. The van der Waals surface area contributed by atoms with E-state index in [-0.39, 0.29) is 0 Å². The van der Waals surface area contributed by atoms with Crippen molar-refractivity contribution in [1.82, 2.24) is 15.2 Å². The molecule has 1 aromatic heterocycles. The maximum absolute atomic E-state index is 5.41. The normalized spacial score (nSPS) is 13.4. The van der Waals surface area contributed by atoms with Crippen LogP contribution in [-0.4, -0.2) is 42.5 Å². The number of fused-ring (bicyclic) bond motifs is 1. The maximum Gasteiger partial charge on any atom is 0.247 e. The first-order valence-corrected chi connectivity index (χ1v) is 8.17. The van der Waals surface area contributed by atoms with Crippen molar-refractivity contribution in [3.05, 3.63) is 29.5 Å². The van der Waals surface area contributed by atoms with Gasteiger partial charge in [0.1, 0.15) is 0 Å². The lowest BCUT2D eigenvalue weighted by atomic mass is 9.99. The average molecular weight is 329 g/mol. The zero-order valence-corrected chi connectivity index (χ0v) is 14.4. The number of methoxy groups -OCH3 is 2. The van der Waals surface area contributed by atoms with E-state index in [0.29, 0.717) is 5.95 Å². The molecule has 3 rings (SSSR count). The second-order valence-corrected chi connectivity index (χ2v) is 5.72. The van der Waals surface area contributed by atoms with Crippen LogP contribution in [0.5, 0.6) is 11.5 Å². The molecule has 24 heavy (non-hydrogen) atoms. The molecule has 0 spiro atoms. The zero-order valence-electron chi connectivity index (χ0n) is 14.4. The fourth-order valence-corrected chi connectivity index (χ4v) is 2.82. The Hall–Kier alpha value is -2.57. The summed E-state index contributed by atoms with van der Waals surface area (Å²) in [6.07, 6.45) is 3.61. The van der Waals surface area contributed by atoms with Gasteiger partial charge in [0.2, 0.25) is 5.95 Å². The Balaban J connectivity index is 1.82. The number of rotatable bonds is 6. The van der Waals surface area contributed by atoms with Crippen LogP contribution in [0, 0.1) is 0 Å². The molecule has 0 amide bonds. The summed E-state index contributed by atoms with van der Waals surface area (Å²) in [5.41, 5.74) is 2.48. The van der Waals surface area contributed by atoms with Crippen LogP contribution >= 0.6 is 0 Å². The molecule has 0 radical (unpaired) electrons. The molecule has 0 unspecified atom stereocenters. The monoisotopic (exact) mass is 329 g/mol. The number of nitrogens with one attached hydrogen (secondary N) is 1. The first-order chi connectivity index (χ1) is 11.7. The van der Waals surface area contributed by atoms with Crippen LogP contribution in [0.2, 0.25) is 0 Å². The van der Waals surface area contributed by atoms with Gasteiger partial charge in [0.05, 0.1) is 20.4 Å². The molecule has 0 saturated carbocycles. The summed E-state index contributed by atoms with van der Waals surface area (Å²) in [6, 6.07) is 4.09. The van der Waals surface area contributed by atoms with Gasteiger partial charge in [-0.25, -0.2) is 0 Å². The largest absolute Gasteiger partial charge is 0.493 e. The minimum Gasteiger partial charge on any atom is -0.493 e. The topological polar surface area (TPSA) is 72.4 Å². The van der Waals surface area contributed by atoms with Crippen LogP contribution in [0.25, 0.3) is 0 Å². The molecule has 0 bridgehead atoms. The van der Waals surface area contributed by atoms with E-state index in [9.17, 15) is 0 Å². The van der Waals surface area contributed by atoms with E-state index >= 15 is 0 Å². The van der Waals surface area contributed by atoms with Crippen LogP contribution in [-0.2, 0) is 13.0 Å². The highest BCUT2D eigenvalue weighted by molar-refractivity contribution is 5.51. The number of nitrogens with zero attached hydrogens (tertiary/aromatic N) is 4. The Morgan fingerprint density at radius 1 is 1.17 bits per heavy atom.